The lowest BCUT2D eigenvalue weighted by atomic mass is 9.94. The van der Waals surface area contributed by atoms with E-state index in [-0.39, 0.29) is 16.1 Å². The molecule has 1 saturated heterocycles. The molecule has 32 heavy (non-hydrogen) atoms. The molecule has 2 aromatic carbocycles. The average Bonchev–Trinajstić information content (AvgIpc) is 2.80. The molecule has 0 amide bonds. The third kappa shape index (κ3) is 5.07. The summed E-state index contributed by atoms with van der Waals surface area (Å²) >= 11 is 0. The first kappa shape index (κ1) is 22.6. The second-order valence-corrected chi connectivity index (χ2v) is 10.5. The Kier molecular flexibility index (Phi) is 6.71. The molecule has 0 bridgehead atoms. The molecule has 0 radical (unpaired) electrons. The van der Waals surface area contributed by atoms with Gasteiger partial charge in [-0.05, 0) is 50.1 Å². The van der Waals surface area contributed by atoms with Crippen LogP contribution in [0.25, 0.3) is 0 Å². The molecular formula is C24H31N3O4S. The fraction of sp³-hybridized carbons (Fsp3) is 0.458. The van der Waals surface area contributed by atoms with Gasteiger partial charge >= 0.3 is 5.97 Å². The SMILES string of the molecule is Cc1ccc(S(=O)(=O)Nc2ccc(N3CCN(C4CCCCC4)CC3)c(C(=O)O)c2)cc1. The minimum atomic E-state index is -3.79. The van der Waals surface area contributed by atoms with Crippen LogP contribution in [0, 0.1) is 6.92 Å². The van der Waals surface area contributed by atoms with Crippen molar-refractivity contribution in [1.29, 1.82) is 0 Å². The first-order valence-corrected chi connectivity index (χ1v) is 12.8. The summed E-state index contributed by atoms with van der Waals surface area (Å²) in [6, 6.07) is 12.0. The lowest BCUT2D eigenvalue weighted by molar-refractivity contribution is 0.0697. The van der Waals surface area contributed by atoms with Crippen LogP contribution >= 0.6 is 0 Å². The van der Waals surface area contributed by atoms with Gasteiger partial charge in [-0.15, -0.1) is 0 Å². The number of carboxylic acids is 1. The van der Waals surface area contributed by atoms with Gasteiger partial charge in [0.1, 0.15) is 0 Å². The first-order chi connectivity index (χ1) is 15.3. The molecule has 1 aliphatic carbocycles. The summed E-state index contributed by atoms with van der Waals surface area (Å²) in [5.41, 5.74) is 1.96. The van der Waals surface area contributed by atoms with E-state index in [9.17, 15) is 18.3 Å². The Bertz CT molecular complexity index is 1060. The van der Waals surface area contributed by atoms with Gasteiger partial charge in [-0.3, -0.25) is 9.62 Å². The van der Waals surface area contributed by atoms with Gasteiger partial charge in [0.15, 0.2) is 0 Å². The third-order valence-corrected chi connectivity index (χ3v) is 7.95. The summed E-state index contributed by atoms with van der Waals surface area (Å²) in [5.74, 6) is -1.06. The minimum absolute atomic E-state index is 0.111. The Balaban J connectivity index is 1.49. The average molecular weight is 458 g/mol. The van der Waals surface area contributed by atoms with Gasteiger partial charge in [0.25, 0.3) is 10.0 Å². The number of anilines is 2. The number of rotatable bonds is 6. The monoisotopic (exact) mass is 457 g/mol. The van der Waals surface area contributed by atoms with E-state index in [1.165, 1.54) is 50.3 Å². The van der Waals surface area contributed by atoms with Crippen LogP contribution in [0.4, 0.5) is 11.4 Å². The Morgan fingerprint density at radius 3 is 2.25 bits per heavy atom. The molecule has 7 nitrogen and oxygen atoms in total. The number of carbonyl (C=O) groups is 1. The first-order valence-electron chi connectivity index (χ1n) is 11.3. The normalized spacial score (nSPS) is 18.5. The standard InChI is InChI=1S/C24H31N3O4S/c1-18-7-10-21(11-8-18)32(30,31)25-19-9-12-23(22(17-19)24(28)29)27-15-13-26(14-16-27)20-5-3-2-4-6-20/h7-12,17,20,25H,2-6,13-16H2,1H3,(H,28,29). The van der Waals surface area contributed by atoms with E-state index in [1.807, 2.05) is 6.92 Å². The van der Waals surface area contributed by atoms with Crippen LogP contribution in [-0.4, -0.2) is 56.6 Å². The Hall–Kier alpha value is -2.58. The molecule has 2 N–H and O–H groups in total. The second kappa shape index (κ2) is 9.50. The molecule has 1 aliphatic heterocycles. The van der Waals surface area contributed by atoms with Crippen molar-refractivity contribution >= 4 is 27.4 Å². The highest BCUT2D eigenvalue weighted by atomic mass is 32.2. The molecule has 2 aliphatic rings. The van der Waals surface area contributed by atoms with E-state index in [1.54, 1.807) is 24.3 Å². The number of nitrogens with zero attached hydrogens (tertiary/aromatic N) is 2. The van der Waals surface area contributed by atoms with Gasteiger partial charge in [0.2, 0.25) is 0 Å². The van der Waals surface area contributed by atoms with Crippen molar-refractivity contribution in [3.63, 3.8) is 0 Å². The zero-order valence-corrected chi connectivity index (χ0v) is 19.3. The maximum absolute atomic E-state index is 12.7. The summed E-state index contributed by atoms with van der Waals surface area (Å²) in [6.07, 6.45) is 6.45. The van der Waals surface area contributed by atoms with Crippen LogP contribution < -0.4 is 9.62 Å². The Labute approximate surface area is 190 Å². The molecule has 0 unspecified atom stereocenters. The quantitative estimate of drug-likeness (QED) is 0.683. The van der Waals surface area contributed by atoms with Crippen molar-refractivity contribution < 1.29 is 18.3 Å². The van der Waals surface area contributed by atoms with Crippen molar-refractivity contribution in [2.24, 2.45) is 0 Å². The summed E-state index contributed by atoms with van der Waals surface area (Å²) < 4.78 is 27.9. The zero-order chi connectivity index (χ0) is 22.7. The molecule has 2 fully saturated rings. The van der Waals surface area contributed by atoms with Crippen molar-refractivity contribution in [3.05, 3.63) is 53.6 Å². The van der Waals surface area contributed by atoms with E-state index >= 15 is 0 Å². The fourth-order valence-corrected chi connectivity index (χ4v) is 5.80. The number of hydrogen-bond acceptors (Lipinski definition) is 5. The molecule has 1 saturated carbocycles. The molecule has 0 atom stereocenters. The van der Waals surface area contributed by atoms with Gasteiger partial charge in [0.05, 0.1) is 16.1 Å². The van der Waals surface area contributed by atoms with Gasteiger partial charge in [0, 0.05) is 37.9 Å². The van der Waals surface area contributed by atoms with Gasteiger partial charge in [-0.25, -0.2) is 13.2 Å². The predicted molar refractivity (Wildman–Crippen MR) is 126 cm³/mol. The molecule has 2 aromatic rings. The maximum Gasteiger partial charge on any atom is 0.337 e. The van der Waals surface area contributed by atoms with Crippen molar-refractivity contribution in [2.75, 3.05) is 35.8 Å². The number of sulfonamides is 1. The fourth-order valence-electron chi connectivity index (χ4n) is 4.75. The number of benzene rings is 2. The van der Waals surface area contributed by atoms with E-state index in [0.717, 1.165) is 31.7 Å². The Morgan fingerprint density at radius 1 is 0.969 bits per heavy atom. The van der Waals surface area contributed by atoms with Crippen molar-refractivity contribution in [1.82, 2.24) is 4.90 Å². The number of piperazine rings is 1. The lowest BCUT2D eigenvalue weighted by Gasteiger charge is -2.41. The largest absolute Gasteiger partial charge is 0.478 e. The smallest absolute Gasteiger partial charge is 0.337 e. The van der Waals surface area contributed by atoms with Gasteiger partial charge in [-0.1, -0.05) is 37.0 Å². The second-order valence-electron chi connectivity index (χ2n) is 8.77. The van der Waals surface area contributed by atoms with E-state index in [0.29, 0.717) is 11.7 Å². The topological polar surface area (TPSA) is 90.0 Å². The highest BCUT2D eigenvalue weighted by Gasteiger charge is 2.27. The molecule has 0 spiro atoms. The maximum atomic E-state index is 12.7. The summed E-state index contributed by atoms with van der Waals surface area (Å²) in [5, 5.41) is 9.81. The van der Waals surface area contributed by atoms with Crippen LogP contribution in [0.3, 0.4) is 0 Å². The number of hydrogen-bond donors (Lipinski definition) is 2. The van der Waals surface area contributed by atoms with Crippen molar-refractivity contribution in [2.45, 2.75) is 50.0 Å². The molecule has 4 rings (SSSR count). The molecule has 8 heteroatoms. The lowest BCUT2D eigenvalue weighted by Crippen LogP contribution is -2.51. The van der Waals surface area contributed by atoms with Crippen LogP contribution in [0.5, 0.6) is 0 Å². The van der Waals surface area contributed by atoms with Crippen molar-refractivity contribution in [3.8, 4) is 0 Å². The van der Waals surface area contributed by atoms with Crippen LogP contribution in [0.15, 0.2) is 47.4 Å². The van der Waals surface area contributed by atoms with E-state index < -0.39 is 16.0 Å². The zero-order valence-electron chi connectivity index (χ0n) is 18.5. The van der Waals surface area contributed by atoms with Crippen LogP contribution in [0.1, 0.15) is 48.0 Å². The summed E-state index contributed by atoms with van der Waals surface area (Å²) in [4.78, 5) is 16.8. The molecule has 172 valence electrons. The number of nitrogens with one attached hydrogen (secondary N) is 1. The number of aromatic carboxylic acids is 1. The number of aryl methyl sites for hydroxylation is 1. The summed E-state index contributed by atoms with van der Waals surface area (Å²) in [6.45, 7) is 5.27. The van der Waals surface area contributed by atoms with Gasteiger partial charge < -0.3 is 10.0 Å². The van der Waals surface area contributed by atoms with Crippen LogP contribution in [0.2, 0.25) is 0 Å². The van der Waals surface area contributed by atoms with E-state index in [2.05, 4.69) is 14.5 Å². The third-order valence-electron chi connectivity index (χ3n) is 6.56. The molecular weight excluding hydrogens is 426 g/mol. The van der Waals surface area contributed by atoms with E-state index in [4.69, 9.17) is 0 Å². The van der Waals surface area contributed by atoms with Crippen LogP contribution in [-0.2, 0) is 10.0 Å². The molecule has 0 aromatic heterocycles. The predicted octanol–water partition coefficient (Wildman–Crippen LogP) is 3.95. The Morgan fingerprint density at radius 2 is 1.62 bits per heavy atom. The number of carboxylic acid groups (broad SMARTS) is 1. The minimum Gasteiger partial charge on any atom is -0.478 e. The summed E-state index contributed by atoms with van der Waals surface area (Å²) in [7, 11) is -3.79. The van der Waals surface area contributed by atoms with Gasteiger partial charge in [-0.2, -0.15) is 0 Å². The highest BCUT2D eigenvalue weighted by molar-refractivity contribution is 7.92. The highest BCUT2D eigenvalue weighted by Crippen LogP contribution is 2.29. The molecule has 1 heterocycles.